The number of methoxy groups -OCH3 is 1. The Kier molecular flexibility index (Phi) is 5.87. The molecule has 0 spiro atoms. The molecular formula is C18H14ClNO4. The zero-order valence-corrected chi connectivity index (χ0v) is 13.6. The molecule has 0 aliphatic rings. The Bertz CT molecular complexity index is 810. The van der Waals surface area contributed by atoms with Crippen LogP contribution in [0.1, 0.15) is 11.1 Å². The minimum Gasteiger partial charge on any atom is -0.465 e. The van der Waals surface area contributed by atoms with Crippen molar-refractivity contribution in [2.24, 2.45) is 0 Å². The quantitative estimate of drug-likeness (QED) is 0.263. The van der Waals surface area contributed by atoms with E-state index in [1.54, 1.807) is 48.6 Å². The van der Waals surface area contributed by atoms with Gasteiger partial charge in [0.1, 0.15) is 0 Å². The summed E-state index contributed by atoms with van der Waals surface area (Å²) in [6.07, 6.45) is 4.86. The van der Waals surface area contributed by atoms with Crippen molar-refractivity contribution in [1.82, 2.24) is 0 Å². The minimum absolute atomic E-state index is 0.0466. The first-order valence-electron chi connectivity index (χ1n) is 6.98. The van der Waals surface area contributed by atoms with Crippen LogP contribution in [0.2, 0.25) is 5.02 Å². The van der Waals surface area contributed by atoms with E-state index in [-0.39, 0.29) is 11.3 Å². The molecule has 5 nitrogen and oxygen atoms in total. The number of non-ortho nitro benzene ring substituents is 1. The lowest BCUT2D eigenvalue weighted by molar-refractivity contribution is -0.384. The van der Waals surface area contributed by atoms with Gasteiger partial charge in [-0.25, -0.2) is 4.79 Å². The maximum atomic E-state index is 11.9. The number of carbonyl (C=O) groups is 1. The third-order valence-electron chi connectivity index (χ3n) is 3.15. The summed E-state index contributed by atoms with van der Waals surface area (Å²) in [4.78, 5) is 22.3. The van der Waals surface area contributed by atoms with Crippen molar-refractivity contribution in [3.63, 3.8) is 0 Å². The Morgan fingerprint density at radius 2 is 1.88 bits per heavy atom. The van der Waals surface area contributed by atoms with Crippen molar-refractivity contribution < 1.29 is 14.5 Å². The Morgan fingerprint density at radius 1 is 1.17 bits per heavy atom. The van der Waals surface area contributed by atoms with Crippen LogP contribution < -0.4 is 0 Å². The second-order valence-corrected chi connectivity index (χ2v) is 5.26. The Morgan fingerprint density at radius 3 is 2.50 bits per heavy atom. The fraction of sp³-hybridized carbons (Fsp3) is 0.0556. The highest BCUT2D eigenvalue weighted by molar-refractivity contribution is 6.30. The van der Waals surface area contributed by atoms with Gasteiger partial charge in [-0.05, 0) is 35.4 Å². The van der Waals surface area contributed by atoms with Crippen LogP contribution in [0, 0.1) is 10.1 Å². The fourth-order valence-electron chi connectivity index (χ4n) is 1.96. The van der Waals surface area contributed by atoms with Crippen LogP contribution in [0.4, 0.5) is 5.69 Å². The van der Waals surface area contributed by atoms with E-state index < -0.39 is 10.9 Å². The van der Waals surface area contributed by atoms with E-state index >= 15 is 0 Å². The fourth-order valence-corrected chi connectivity index (χ4v) is 2.09. The van der Waals surface area contributed by atoms with Crippen molar-refractivity contribution in [1.29, 1.82) is 0 Å². The molecule has 0 aliphatic heterocycles. The van der Waals surface area contributed by atoms with Gasteiger partial charge in [-0.15, -0.1) is 0 Å². The van der Waals surface area contributed by atoms with Gasteiger partial charge in [-0.1, -0.05) is 41.9 Å². The molecule has 0 saturated carbocycles. The molecule has 2 aromatic carbocycles. The highest BCUT2D eigenvalue weighted by atomic mass is 35.5. The number of hydrogen-bond donors (Lipinski definition) is 0. The van der Waals surface area contributed by atoms with E-state index in [0.717, 1.165) is 5.56 Å². The summed E-state index contributed by atoms with van der Waals surface area (Å²) < 4.78 is 4.76. The van der Waals surface area contributed by atoms with Gasteiger partial charge in [0.25, 0.3) is 5.69 Å². The Balaban J connectivity index is 2.34. The first-order valence-corrected chi connectivity index (χ1v) is 7.35. The van der Waals surface area contributed by atoms with E-state index in [4.69, 9.17) is 16.3 Å². The summed E-state index contributed by atoms with van der Waals surface area (Å²) in [5, 5.41) is 11.5. The molecule has 0 atom stereocenters. The molecule has 2 rings (SSSR count). The summed E-state index contributed by atoms with van der Waals surface area (Å²) in [6.45, 7) is 0. The predicted octanol–water partition coefficient (Wildman–Crippen LogP) is 4.52. The molecule has 0 fully saturated rings. The summed E-state index contributed by atoms with van der Waals surface area (Å²) >= 11 is 5.83. The summed E-state index contributed by atoms with van der Waals surface area (Å²) in [5.74, 6) is -0.535. The van der Waals surface area contributed by atoms with Gasteiger partial charge in [-0.2, -0.15) is 0 Å². The third-order valence-corrected chi connectivity index (χ3v) is 3.40. The molecule has 6 heteroatoms. The molecule has 0 saturated heterocycles. The molecule has 0 radical (unpaired) electrons. The van der Waals surface area contributed by atoms with E-state index in [1.165, 1.54) is 25.3 Å². The molecule has 24 heavy (non-hydrogen) atoms. The topological polar surface area (TPSA) is 69.4 Å². The van der Waals surface area contributed by atoms with E-state index in [2.05, 4.69) is 0 Å². The zero-order chi connectivity index (χ0) is 17.5. The normalized spacial score (nSPS) is 11.5. The largest absolute Gasteiger partial charge is 0.465 e. The number of hydrogen-bond acceptors (Lipinski definition) is 4. The highest BCUT2D eigenvalue weighted by Gasteiger charge is 2.09. The lowest BCUT2D eigenvalue weighted by Crippen LogP contribution is -2.02. The second kappa shape index (κ2) is 8.08. The van der Waals surface area contributed by atoms with Crippen LogP contribution >= 0.6 is 11.6 Å². The summed E-state index contributed by atoms with van der Waals surface area (Å²) in [5.41, 5.74) is 1.61. The zero-order valence-electron chi connectivity index (χ0n) is 12.8. The number of ether oxygens (including phenoxy) is 1. The van der Waals surface area contributed by atoms with Gasteiger partial charge in [0.2, 0.25) is 0 Å². The van der Waals surface area contributed by atoms with Crippen LogP contribution in [0.3, 0.4) is 0 Å². The van der Waals surface area contributed by atoms with Crippen LogP contribution in [0.5, 0.6) is 0 Å². The molecule has 0 heterocycles. The lowest BCUT2D eigenvalue weighted by Gasteiger charge is -2.01. The number of rotatable bonds is 5. The maximum absolute atomic E-state index is 11.9. The van der Waals surface area contributed by atoms with Crippen molar-refractivity contribution in [3.8, 4) is 0 Å². The number of carbonyl (C=O) groups excluding carboxylic acids is 1. The van der Waals surface area contributed by atoms with Gasteiger partial charge in [0.05, 0.1) is 17.6 Å². The predicted molar refractivity (Wildman–Crippen MR) is 93.6 cm³/mol. The average molecular weight is 344 g/mol. The number of benzene rings is 2. The van der Waals surface area contributed by atoms with Crippen LogP contribution in [-0.2, 0) is 9.53 Å². The standard InChI is InChI=1S/C18H14ClNO4/c1-24-18(21)15(8-5-13-6-9-16(19)10-7-13)11-14-3-2-4-17(12-14)20(22)23/h2-12H,1H3/b8-5+,15-11+. The molecule has 122 valence electrons. The molecular weight excluding hydrogens is 330 g/mol. The van der Waals surface area contributed by atoms with Crippen molar-refractivity contribution in [2.75, 3.05) is 7.11 Å². The van der Waals surface area contributed by atoms with Gasteiger partial charge in [0.15, 0.2) is 0 Å². The molecule has 2 aromatic rings. The lowest BCUT2D eigenvalue weighted by atomic mass is 10.1. The summed E-state index contributed by atoms with van der Waals surface area (Å²) in [7, 11) is 1.28. The minimum atomic E-state index is -0.535. The van der Waals surface area contributed by atoms with E-state index in [9.17, 15) is 14.9 Å². The van der Waals surface area contributed by atoms with Gasteiger partial charge >= 0.3 is 5.97 Å². The number of esters is 1. The molecule has 0 aliphatic carbocycles. The van der Waals surface area contributed by atoms with Crippen molar-refractivity contribution >= 4 is 35.4 Å². The molecule has 0 bridgehead atoms. The molecule has 0 N–H and O–H groups in total. The first-order chi connectivity index (χ1) is 11.5. The summed E-state index contributed by atoms with van der Waals surface area (Å²) in [6, 6.07) is 13.1. The number of nitro benzene ring substituents is 1. The number of halogens is 1. The SMILES string of the molecule is COC(=O)C(/C=C/c1ccc(Cl)cc1)=C/c1cccc([N+](=O)[O-])c1. The first kappa shape index (κ1) is 17.4. The van der Waals surface area contributed by atoms with Crippen molar-refractivity contribution in [2.45, 2.75) is 0 Å². The molecule has 0 unspecified atom stereocenters. The Hall–Kier alpha value is -2.92. The van der Waals surface area contributed by atoms with Crippen LogP contribution in [0.15, 0.2) is 60.2 Å². The second-order valence-electron chi connectivity index (χ2n) is 4.83. The van der Waals surface area contributed by atoms with Crippen LogP contribution in [-0.4, -0.2) is 18.0 Å². The van der Waals surface area contributed by atoms with Gasteiger partial charge < -0.3 is 4.74 Å². The van der Waals surface area contributed by atoms with E-state index in [1.807, 2.05) is 0 Å². The maximum Gasteiger partial charge on any atom is 0.337 e. The molecule has 0 amide bonds. The van der Waals surface area contributed by atoms with Crippen molar-refractivity contribution in [3.05, 3.63) is 86.4 Å². The average Bonchev–Trinajstić information content (AvgIpc) is 2.59. The van der Waals surface area contributed by atoms with Gasteiger partial charge in [-0.3, -0.25) is 10.1 Å². The van der Waals surface area contributed by atoms with Gasteiger partial charge in [0, 0.05) is 17.2 Å². The van der Waals surface area contributed by atoms with Crippen LogP contribution in [0.25, 0.3) is 12.2 Å². The Labute approximate surface area is 144 Å². The number of nitro groups is 1. The van der Waals surface area contributed by atoms with E-state index in [0.29, 0.717) is 10.6 Å². The monoisotopic (exact) mass is 343 g/mol. The molecule has 0 aromatic heterocycles. The highest BCUT2D eigenvalue weighted by Crippen LogP contribution is 2.18. The smallest absolute Gasteiger partial charge is 0.337 e. The number of nitrogens with zero attached hydrogens (tertiary/aromatic N) is 1. The third kappa shape index (κ3) is 4.79.